The van der Waals surface area contributed by atoms with Gasteiger partial charge in [0.25, 0.3) is 0 Å². The third kappa shape index (κ3) is 1.35. The molecule has 3 nitrogen and oxygen atoms in total. The second kappa shape index (κ2) is 3.02. The number of nitrogens with zero attached hydrogens (tertiary/aromatic N) is 3. The molecule has 10 heavy (non-hydrogen) atoms. The van der Waals surface area contributed by atoms with Crippen molar-refractivity contribution < 1.29 is 0 Å². The summed E-state index contributed by atoms with van der Waals surface area (Å²) in [6.45, 7) is 9.80. The largest absolute Gasteiger partial charge is 0.328 e. The molecule has 0 amide bonds. The quantitative estimate of drug-likeness (QED) is 0.557. The van der Waals surface area contributed by atoms with E-state index in [1.807, 2.05) is 17.7 Å². The van der Waals surface area contributed by atoms with E-state index >= 15 is 0 Å². The standard InChI is InChI=1S/C7H9N3/c1-7-9-4-6-10(7)5-3-8-2/h4,6H,3,5H2,1H3. The van der Waals surface area contributed by atoms with Gasteiger partial charge in [-0.3, -0.25) is 0 Å². The molecule has 0 saturated heterocycles. The lowest BCUT2D eigenvalue weighted by Crippen LogP contribution is -2.00. The molecule has 0 bridgehead atoms. The molecule has 0 N–H and O–H groups in total. The number of hydrogen-bond donors (Lipinski definition) is 0. The van der Waals surface area contributed by atoms with Crippen LogP contribution in [0.25, 0.3) is 4.85 Å². The number of aromatic nitrogens is 2. The Balaban J connectivity index is 2.59. The van der Waals surface area contributed by atoms with Gasteiger partial charge in [0.05, 0.1) is 6.54 Å². The van der Waals surface area contributed by atoms with Crippen molar-refractivity contribution in [1.29, 1.82) is 0 Å². The molecule has 1 heterocycles. The normalized spacial score (nSPS) is 9.20. The van der Waals surface area contributed by atoms with Crippen LogP contribution in [0.5, 0.6) is 0 Å². The first-order chi connectivity index (χ1) is 4.84. The van der Waals surface area contributed by atoms with E-state index in [9.17, 15) is 0 Å². The van der Waals surface area contributed by atoms with Crippen molar-refractivity contribution in [2.75, 3.05) is 6.54 Å². The fraction of sp³-hybridized carbons (Fsp3) is 0.429. The summed E-state index contributed by atoms with van der Waals surface area (Å²) >= 11 is 0. The first kappa shape index (κ1) is 6.81. The molecule has 0 fully saturated rings. The first-order valence-electron chi connectivity index (χ1n) is 3.15. The highest BCUT2D eigenvalue weighted by Gasteiger charge is 1.95. The van der Waals surface area contributed by atoms with Crippen LogP contribution in [-0.2, 0) is 6.54 Å². The minimum Gasteiger partial charge on any atom is -0.328 e. The minimum atomic E-state index is 0.539. The smallest absolute Gasteiger partial charge is 0.232 e. The van der Waals surface area contributed by atoms with Crippen molar-refractivity contribution in [3.8, 4) is 0 Å². The van der Waals surface area contributed by atoms with Gasteiger partial charge in [-0.1, -0.05) is 0 Å². The van der Waals surface area contributed by atoms with Crippen molar-refractivity contribution in [1.82, 2.24) is 9.55 Å². The van der Waals surface area contributed by atoms with Crippen LogP contribution in [0.1, 0.15) is 5.82 Å². The Hall–Kier alpha value is -1.30. The fourth-order valence-electron chi connectivity index (χ4n) is 0.798. The van der Waals surface area contributed by atoms with Gasteiger partial charge >= 0.3 is 0 Å². The fourth-order valence-corrected chi connectivity index (χ4v) is 0.798. The average molecular weight is 135 g/mol. The maximum Gasteiger partial charge on any atom is 0.232 e. The summed E-state index contributed by atoms with van der Waals surface area (Å²) in [4.78, 5) is 7.28. The van der Waals surface area contributed by atoms with E-state index in [4.69, 9.17) is 6.57 Å². The summed E-state index contributed by atoms with van der Waals surface area (Å²) in [5, 5.41) is 0. The van der Waals surface area contributed by atoms with Crippen molar-refractivity contribution in [2.45, 2.75) is 13.5 Å². The molecule has 1 aromatic rings. The zero-order valence-electron chi connectivity index (χ0n) is 5.91. The van der Waals surface area contributed by atoms with Crippen molar-refractivity contribution in [3.05, 3.63) is 29.6 Å². The molecule has 1 aromatic heterocycles. The van der Waals surface area contributed by atoms with Gasteiger partial charge in [0.1, 0.15) is 5.82 Å². The van der Waals surface area contributed by atoms with Gasteiger partial charge in [0.15, 0.2) is 0 Å². The Kier molecular flexibility index (Phi) is 2.06. The monoisotopic (exact) mass is 135 g/mol. The van der Waals surface area contributed by atoms with E-state index in [-0.39, 0.29) is 0 Å². The van der Waals surface area contributed by atoms with Gasteiger partial charge in [0.2, 0.25) is 6.54 Å². The molecule has 0 atom stereocenters. The van der Waals surface area contributed by atoms with Crippen molar-refractivity contribution in [3.63, 3.8) is 0 Å². The molecule has 3 heteroatoms. The van der Waals surface area contributed by atoms with E-state index < -0.39 is 0 Å². The van der Waals surface area contributed by atoms with Crippen LogP contribution < -0.4 is 0 Å². The van der Waals surface area contributed by atoms with Gasteiger partial charge in [-0.25, -0.2) is 11.6 Å². The van der Waals surface area contributed by atoms with Crippen LogP contribution in [0.15, 0.2) is 12.4 Å². The molecule has 0 aromatic carbocycles. The van der Waals surface area contributed by atoms with Gasteiger partial charge in [0, 0.05) is 12.4 Å². The first-order valence-corrected chi connectivity index (χ1v) is 3.15. The second-order valence-electron chi connectivity index (χ2n) is 2.05. The Labute approximate surface area is 60.1 Å². The van der Waals surface area contributed by atoms with Crippen LogP contribution in [0.2, 0.25) is 0 Å². The van der Waals surface area contributed by atoms with Crippen LogP contribution in [-0.4, -0.2) is 16.1 Å². The molecule has 0 spiro atoms. The van der Waals surface area contributed by atoms with Crippen molar-refractivity contribution in [2.24, 2.45) is 0 Å². The summed E-state index contributed by atoms with van der Waals surface area (Å²) in [6.07, 6.45) is 3.64. The van der Waals surface area contributed by atoms with E-state index in [1.54, 1.807) is 6.20 Å². The zero-order chi connectivity index (χ0) is 7.40. The number of hydrogen-bond acceptors (Lipinski definition) is 1. The highest BCUT2D eigenvalue weighted by molar-refractivity contribution is 4.88. The van der Waals surface area contributed by atoms with Crippen LogP contribution >= 0.6 is 0 Å². The average Bonchev–Trinajstić information content (AvgIpc) is 2.31. The molecule has 0 aliphatic heterocycles. The highest BCUT2D eigenvalue weighted by Crippen LogP contribution is 1.93. The lowest BCUT2D eigenvalue weighted by atomic mass is 10.6. The molecular weight excluding hydrogens is 126 g/mol. The minimum absolute atomic E-state index is 0.539. The van der Waals surface area contributed by atoms with Gasteiger partial charge in [-0.2, -0.15) is 0 Å². The Bertz CT molecular complexity index is 244. The lowest BCUT2D eigenvalue weighted by molar-refractivity contribution is 0.715. The van der Waals surface area contributed by atoms with E-state index in [2.05, 4.69) is 9.83 Å². The van der Waals surface area contributed by atoms with Gasteiger partial charge < -0.3 is 9.41 Å². The highest BCUT2D eigenvalue weighted by atomic mass is 15.1. The molecule has 1 rings (SSSR count). The number of imidazole rings is 1. The summed E-state index contributed by atoms with van der Waals surface area (Å²) in [5.74, 6) is 0.976. The van der Waals surface area contributed by atoms with Gasteiger partial charge in [-0.15, -0.1) is 0 Å². The SMILES string of the molecule is [C-]#[N+]CCn1ccnc1C. The second-order valence-corrected chi connectivity index (χ2v) is 2.05. The van der Waals surface area contributed by atoms with Crippen LogP contribution in [0.4, 0.5) is 0 Å². The van der Waals surface area contributed by atoms with E-state index in [0.29, 0.717) is 6.54 Å². The topological polar surface area (TPSA) is 22.2 Å². The van der Waals surface area contributed by atoms with E-state index in [0.717, 1.165) is 12.4 Å². The maximum atomic E-state index is 6.57. The Morgan fingerprint density at radius 1 is 1.80 bits per heavy atom. The van der Waals surface area contributed by atoms with Gasteiger partial charge in [-0.05, 0) is 6.92 Å². The summed E-state index contributed by atoms with van der Waals surface area (Å²) in [6, 6.07) is 0. The number of aryl methyl sites for hydroxylation is 1. The van der Waals surface area contributed by atoms with E-state index in [1.165, 1.54) is 0 Å². The van der Waals surface area contributed by atoms with Crippen molar-refractivity contribution >= 4 is 0 Å². The molecule has 0 radical (unpaired) electrons. The summed E-state index contributed by atoms with van der Waals surface area (Å²) in [7, 11) is 0. The molecular formula is C7H9N3. The van der Waals surface area contributed by atoms with Crippen LogP contribution in [0, 0.1) is 13.5 Å². The predicted molar refractivity (Wildman–Crippen MR) is 38.4 cm³/mol. The number of rotatable bonds is 2. The molecule has 0 unspecified atom stereocenters. The third-order valence-electron chi connectivity index (χ3n) is 1.38. The molecule has 52 valence electrons. The summed E-state index contributed by atoms with van der Waals surface area (Å²) in [5.41, 5.74) is 0. The lowest BCUT2D eigenvalue weighted by Gasteiger charge is -1.96. The Morgan fingerprint density at radius 3 is 3.10 bits per heavy atom. The third-order valence-corrected chi connectivity index (χ3v) is 1.38. The molecule has 0 aliphatic carbocycles. The molecule has 0 saturated carbocycles. The van der Waals surface area contributed by atoms with Crippen LogP contribution in [0.3, 0.4) is 0 Å². The maximum absolute atomic E-state index is 6.57. The Morgan fingerprint density at radius 2 is 2.60 bits per heavy atom. The zero-order valence-corrected chi connectivity index (χ0v) is 5.91. The summed E-state index contributed by atoms with van der Waals surface area (Å²) < 4.78 is 1.97. The molecule has 0 aliphatic rings. The predicted octanol–water partition coefficient (Wildman–Crippen LogP) is 1.11.